The Kier molecular flexibility index (Phi) is 4.44. The van der Waals surface area contributed by atoms with Gasteiger partial charge in [0.05, 0.1) is 5.56 Å². The number of methoxy groups -OCH3 is 1. The van der Waals surface area contributed by atoms with E-state index in [1.54, 1.807) is 19.4 Å². The Morgan fingerprint density at radius 2 is 2.27 bits per heavy atom. The van der Waals surface area contributed by atoms with Crippen LogP contribution in [0.4, 0.5) is 0 Å². The van der Waals surface area contributed by atoms with Gasteiger partial charge >= 0.3 is 0 Å². The van der Waals surface area contributed by atoms with Crippen LogP contribution in [0.5, 0.6) is 11.5 Å². The Labute approximate surface area is 151 Å². The van der Waals surface area contributed by atoms with Crippen LogP contribution in [0, 0.1) is 0 Å². The summed E-state index contributed by atoms with van der Waals surface area (Å²) in [5.74, 6) is 1.47. The topological polar surface area (TPSA) is 69.7 Å². The Balaban J connectivity index is 1.85. The van der Waals surface area contributed by atoms with Gasteiger partial charge in [0, 0.05) is 31.8 Å². The molecule has 0 amide bonds. The van der Waals surface area contributed by atoms with E-state index in [-0.39, 0.29) is 12.4 Å². The van der Waals surface area contributed by atoms with Gasteiger partial charge in [-0.2, -0.15) is 0 Å². The summed E-state index contributed by atoms with van der Waals surface area (Å²) in [5, 5.41) is 3.37. The minimum absolute atomic E-state index is 0.152. The normalized spacial score (nSPS) is 21.0. The van der Waals surface area contributed by atoms with Crippen molar-refractivity contribution >= 4 is 11.9 Å². The van der Waals surface area contributed by atoms with Crippen LogP contribution in [0.3, 0.4) is 0 Å². The maximum atomic E-state index is 10.9. The van der Waals surface area contributed by atoms with E-state index in [4.69, 9.17) is 14.2 Å². The summed E-state index contributed by atoms with van der Waals surface area (Å²) in [6.07, 6.45) is 5.49. The third-order valence-corrected chi connectivity index (χ3v) is 4.68. The van der Waals surface area contributed by atoms with Gasteiger partial charge in [-0.1, -0.05) is 12.1 Å². The number of nitrogens with one attached hydrogen (secondary N) is 1. The average Bonchev–Trinajstić information content (AvgIpc) is 3.13. The summed E-state index contributed by atoms with van der Waals surface area (Å²) in [7, 11) is 1.59. The summed E-state index contributed by atoms with van der Waals surface area (Å²) in [5.41, 5.74) is 2.81. The number of hydrogen-bond acceptors (Lipinski definition) is 6. The molecular weight excluding hydrogens is 332 g/mol. The van der Waals surface area contributed by atoms with E-state index in [2.05, 4.69) is 16.4 Å². The molecule has 1 saturated heterocycles. The molecule has 6 heteroatoms. The Hall–Kier alpha value is -2.70. The van der Waals surface area contributed by atoms with Gasteiger partial charge in [-0.3, -0.25) is 9.78 Å². The lowest BCUT2D eigenvalue weighted by Gasteiger charge is -2.34. The number of pyridine rings is 1. The van der Waals surface area contributed by atoms with Crippen LogP contribution in [0.25, 0.3) is 5.57 Å². The van der Waals surface area contributed by atoms with Crippen molar-refractivity contribution in [2.75, 3.05) is 27.0 Å². The molecule has 1 aromatic carbocycles. The van der Waals surface area contributed by atoms with Crippen molar-refractivity contribution < 1.29 is 19.0 Å². The molecule has 1 atom stereocenters. The second kappa shape index (κ2) is 6.90. The van der Waals surface area contributed by atoms with Crippen molar-refractivity contribution in [1.29, 1.82) is 0 Å². The van der Waals surface area contributed by atoms with Crippen LogP contribution in [0.1, 0.15) is 28.0 Å². The van der Waals surface area contributed by atoms with Gasteiger partial charge in [0.2, 0.25) is 0 Å². The number of aromatic nitrogens is 1. The molecular formula is C20H20N2O4. The van der Waals surface area contributed by atoms with Gasteiger partial charge in [-0.25, -0.2) is 0 Å². The van der Waals surface area contributed by atoms with E-state index in [1.165, 1.54) is 0 Å². The molecule has 1 fully saturated rings. The lowest BCUT2D eigenvalue weighted by Crippen LogP contribution is -2.38. The van der Waals surface area contributed by atoms with E-state index in [0.717, 1.165) is 48.2 Å². The van der Waals surface area contributed by atoms with Crippen LogP contribution in [0.15, 0.2) is 42.6 Å². The summed E-state index contributed by atoms with van der Waals surface area (Å²) < 4.78 is 17.2. The molecule has 1 aromatic heterocycles. The summed E-state index contributed by atoms with van der Waals surface area (Å²) in [6, 6.07) is 9.39. The molecule has 1 unspecified atom stereocenters. The fourth-order valence-electron chi connectivity index (χ4n) is 3.45. The van der Waals surface area contributed by atoms with Crippen molar-refractivity contribution in [3.05, 3.63) is 59.4 Å². The highest BCUT2D eigenvalue weighted by Gasteiger charge is 2.39. The smallest absolute Gasteiger partial charge is 0.188 e. The first-order valence-electron chi connectivity index (χ1n) is 8.54. The van der Waals surface area contributed by atoms with Gasteiger partial charge in [-0.05, 0) is 36.4 Å². The molecule has 4 rings (SSSR count). The second-order valence-corrected chi connectivity index (χ2v) is 6.42. The van der Waals surface area contributed by atoms with Crippen LogP contribution >= 0.6 is 0 Å². The first kappa shape index (κ1) is 16.8. The molecule has 26 heavy (non-hydrogen) atoms. The van der Waals surface area contributed by atoms with Gasteiger partial charge < -0.3 is 19.5 Å². The predicted molar refractivity (Wildman–Crippen MR) is 96.5 cm³/mol. The van der Waals surface area contributed by atoms with E-state index in [1.807, 2.05) is 24.3 Å². The highest BCUT2D eigenvalue weighted by Crippen LogP contribution is 2.45. The van der Waals surface area contributed by atoms with Crippen LogP contribution in [-0.2, 0) is 4.74 Å². The number of carbonyl (C=O) groups excluding carboxylic acids is 1. The molecule has 0 saturated carbocycles. The van der Waals surface area contributed by atoms with Crippen molar-refractivity contribution in [2.24, 2.45) is 0 Å². The van der Waals surface area contributed by atoms with Crippen molar-refractivity contribution in [2.45, 2.75) is 12.0 Å². The van der Waals surface area contributed by atoms with E-state index in [0.29, 0.717) is 11.4 Å². The third kappa shape index (κ3) is 2.98. The molecule has 1 N–H and O–H groups in total. The quantitative estimate of drug-likeness (QED) is 0.658. The number of ether oxygens (including phenoxy) is 3. The largest absolute Gasteiger partial charge is 0.481 e. The Morgan fingerprint density at radius 3 is 2.96 bits per heavy atom. The van der Waals surface area contributed by atoms with Crippen LogP contribution in [0.2, 0.25) is 0 Å². The van der Waals surface area contributed by atoms with E-state index >= 15 is 0 Å². The molecule has 2 aromatic rings. The average molecular weight is 352 g/mol. The minimum Gasteiger partial charge on any atom is -0.481 e. The summed E-state index contributed by atoms with van der Waals surface area (Å²) in [6.45, 7) is 1.80. The van der Waals surface area contributed by atoms with Gasteiger partial charge in [-0.15, -0.1) is 0 Å². The van der Waals surface area contributed by atoms with E-state index in [9.17, 15) is 4.79 Å². The van der Waals surface area contributed by atoms with Crippen LogP contribution in [-0.4, -0.2) is 43.9 Å². The maximum Gasteiger partial charge on any atom is 0.188 e. The van der Waals surface area contributed by atoms with Gasteiger partial charge in [0.1, 0.15) is 22.8 Å². The number of benzene rings is 1. The van der Waals surface area contributed by atoms with Gasteiger partial charge in [0.25, 0.3) is 0 Å². The van der Waals surface area contributed by atoms with Crippen molar-refractivity contribution in [1.82, 2.24) is 10.3 Å². The maximum absolute atomic E-state index is 10.9. The molecule has 0 radical (unpaired) electrons. The fourth-order valence-corrected chi connectivity index (χ4v) is 3.45. The third-order valence-electron chi connectivity index (χ3n) is 4.68. The number of fused-ring (bicyclic) bond motifs is 1. The number of rotatable bonds is 5. The molecule has 3 heterocycles. The zero-order valence-corrected chi connectivity index (χ0v) is 14.5. The zero-order chi connectivity index (χ0) is 18.0. The number of nitrogens with zero attached hydrogens (tertiary/aromatic N) is 1. The van der Waals surface area contributed by atoms with Crippen LogP contribution < -0.4 is 14.8 Å². The molecule has 134 valence electrons. The lowest BCUT2D eigenvalue weighted by atomic mass is 9.88. The first-order valence-corrected chi connectivity index (χ1v) is 8.54. The summed E-state index contributed by atoms with van der Waals surface area (Å²) >= 11 is 0. The fraction of sp³-hybridized carbons (Fsp3) is 0.300. The standard InChI is InChI=1S/C20H20N2O4/c1-24-13-25-17-3-2-4-18-19(17)16(9-20(26-18)7-8-21-12-20)14-5-6-15(11-23)22-10-14/h2-6,9-11,21H,7-8,12-13H2,1H3. The number of aldehydes is 1. The second-order valence-electron chi connectivity index (χ2n) is 6.42. The molecule has 2 aliphatic heterocycles. The highest BCUT2D eigenvalue weighted by molar-refractivity contribution is 5.88. The SMILES string of the molecule is COCOc1cccc2c1C(c1ccc(C=O)nc1)=CC1(CCNC1)O2. The first-order chi connectivity index (χ1) is 12.7. The molecule has 0 bridgehead atoms. The zero-order valence-electron chi connectivity index (χ0n) is 14.5. The number of hydrogen-bond donors (Lipinski definition) is 1. The lowest BCUT2D eigenvalue weighted by molar-refractivity contribution is 0.0502. The minimum atomic E-state index is -0.383. The van der Waals surface area contributed by atoms with Crippen molar-refractivity contribution in [3.63, 3.8) is 0 Å². The molecule has 2 aliphatic rings. The van der Waals surface area contributed by atoms with E-state index < -0.39 is 0 Å². The predicted octanol–water partition coefficient (Wildman–Crippen LogP) is 2.43. The number of carbonyl (C=O) groups is 1. The Morgan fingerprint density at radius 1 is 1.35 bits per heavy atom. The highest BCUT2D eigenvalue weighted by atomic mass is 16.7. The van der Waals surface area contributed by atoms with Crippen molar-refractivity contribution in [3.8, 4) is 11.5 Å². The van der Waals surface area contributed by atoms with Gasteiger partial charge in [0.15, 0.2) is 13.1 Å². The monoisotopic (exact) mass is 352 g/mol. The Bertz CT molecular complexity index is 839. The molecule has 1 spiro atoms. The molecule has 6 nitrogen and oxygen atoms in total. The summed E-state index contributed by atoms with van der Waals surface area (Å²) in [4.78, 5) is 15.2. The molecule has 0 aliphatic carbocycles.